The van der Waals surface area contributed by atoms with E-state index < -0.39 is 0 Å². The molecule has 1 N–H and O–H groups in total. The summed E-state index contributed by atoms with van der Waals surface area (Å²) in [6, 6.07) is 28.1. The van der Waals surface area contributed by atoms with E-state index in [1.165, 1.54) is 11.1 Å². The van der Waals surface area contributed by atoms with Crippen LogP contribution in [0.1, 0.15) is 23.1 Å². The third-order valence-electron chi connectivity index (χ3n) is 5.64. The summed E-state index contributed by atoms with van der Waals surface area (Å²) in [5.74, 6) is 0.0134. The molecular formula is C29H28ClN3O. The van der Waals surface area contributed by atoms with E-state index in [0.717, 1.165) is 40.5 Å². The first kappa shape index (κ1) is 23.7. The molecule has 4 nitrogen and oxygen atoms in total. The summed E-state index contributed by atoms with van der Waals surface area (Å²) in [4.78, 5) is 18.9. The molecular weight excluding hydrogens is 442 g/mol. The van der Waals surface area contributed by atoms with Crippen LogP contribution in [0.5, 0.6) is 0 Å². The number of rotatable bonds is 9. The van der Waals surface area contributed by atoms with Crippen LogP contribution in [0.4, 0.5) is 5.69 Å². The number of nitrogens with zero attached hydrogens (tertiary/aromatic N) is 2. The van der Waals surface area contributed by atoms with Gasteiger partial charge < -0.3 is 5.32 Å². The molecule has 3 aromatic carbocycles. The smallest absolute Gasteiger partial charge is 0.224 e. The number of anilines is 1. The van der Waals surface area contributed by atoms with Crippen LogP contribution in [0.25, 0.3) is 11.1 Å². The van der Waals surface area contributed by atoms with Crippen molar-refractivity contribution >= 4 is 23.2 Å². The lowest BCUT2D eigenvalue weighted by Crippen LogP contribution is -2.17. The zero-order valence-electron chi connectivity index (χ0n) is 19.2. The number of benzene rings is 3. The van der Waals surface area contributed by atoms with Gasteiger partial charge in [0.2, 0.25) is 5.91 Å². The summed E-state index contributed by atoms with van der Waals surface area (Å²) >= 11 is 5.96. The second-order valence-electron chi connectivity index (χ2n) is 8.48. The Hall–Kier alpha value is -3.47. The van der Waals surface area contributed by atoms with Crippen molar-refractivity contribution in [2.24, 2.45) is 0 Å². The molecule has 1 aromatic heterocycles. The molecule has 1 amide bonds. The molecule has 0 spiro atoms. The van der Waals surface area contributed by atoms with Crippen molar-refractivity contribution in [2.75, 3.05) is 12.4 Å². The first-order chi connectivity index (χ1) is 16.5. The Kier molecular flexibility index (Phi) is 8.08. The van der Waals surface area contributed by atoms with Crippen LogP contribution in [0, 0.1) is 0 Å². The molecule has 4 aromatic rings. The fourth-order valence-corrected chi connectivity index (χ4v) is 3.98. The van der Waals surface area contributed by atoms with E-state index >= 15 is 0 Å². The van der Waals surface area contributed by atoms with Gasteiger partial charge in [0.25, 0.3) is 0 Å². The van der Waals surface area contributed by atoms with Crippen LogP contribution in [0.15, 0.2) is 97.3 Å². The zero-order chi connectivity index (χ0) is 23.8. The second kappa shape index (κ2) is 11.6. The standard InChI is InChI=1S/C29H28ClN3O/c1-33(21-24-3-2-18-31-19-24)20-23-6-4-22(5-7-23)8-17-29(34)32-28-15-11-26(12-16-28)25-9-13-27(30)14-10-25/h2-7,9-16,18-19H,8,17,20-21H2,1H3,(H,32,34). The molecule has 0 saturated heterocycles. The van der Waals surface area contributed by atoms with Gasteiger partial charge in [-0.15, -0.1) is 0 Å². The lowest BCUT2D eigenvalue weighted by molar-refractivity contribution is -0.116. The zero-order valence-corrected chi connectivity index (χ0v) is 20.0. The van der Waals surface area contributed by atoms with E-state index in [1.54, 1.807) is 6.20 Å². The van der Waals surface area contributed by atoms with Crippen LogP contribution in [0.3, 0.4) is 0 Å². The van der Waals surface area contributed by atoms with E-state index in [1.807, 2.05) is 60.8 Å². The Morgan fingerprint density at radius 2 is 1.44 bits per heavy atom. The van der Waals surface area contributed by atoms with Gasteiger partial charge in [-0.25, -0.2) is 0 Å². The molecule has 5 heteroatoms. The molecule has 0 bridgehead atoms. The Morgan fingerprint density at radius 1 is 0.824 bits per heavy atom. The number of hydrogen-bond acceptors (Lipinski definition) is 3. The van der Waals surface area contributed by atoms with E-state index in [9.17, 15) is 4.79 Å². The maximum Gasteiger partial charge on any atom is 0.224 e. The Morgan fingerprint density at radius 3 is 2.09 bits per heavy atom. The van der Waals surface area contributed by atoms with E-state index in [0.29, 0.717) is 12.8 Å². The third-order valence-corrected chi connectivity index (χ3v) is 5.89. The predicted molar refractivity (Wildman–Crippen MR) is 140 cm³/mol. The fraction of sp³-hybridized carbons (Fsp3) is 0.172. The van der Waals surface area contributed by atoms with Gasteiger partial charge in [0.1, 0.15) is 0 Å². The number of amides is 1. The van der Waals surface area contributed by atoms with Crippen molar-refractivity contribution < 1.29 is 4.79 Å². The highest BCUT2D eigenvalue weighted by molar-refractivity contribution is 6.30. The minimum Gasteiger partial charge on any atom is -0.326 e. The number of pyridine rings is 1. The highest BCUT2D eigenvalue weighted by Crippen LogP contribution is 2.23. The number of halogens is 1. The number of carbonyl (C=O) groups is 1. The highest BCUT2D eigenvalue weighted by atomic mass is 35.5. The van der Waals surface area contributed by atoms with E-state index in [4.69, 9.17) is 11.6 Å². The quantitative estimate of drug-likeness (QED) is 0.300. The van der Waals surface area contributed by atoms with Gasteiger partial charge >= 0.3 is 0 Å². The minimum absolute atomic E-state index is 0.0134. The van der Waals surface area contributed by atoms with Crippen LogP contribution in [-0.2, 0) is 24.3 Å². The van der Waals surface area contributed by atoms with E-state index in [-0.39, 0.29) is 5.91 Å². The molecule has 1 heterocycles. The molecule has 34 heavy (non-hydrogen) atoms. The number of hydrogen-bond donors (Lipinski definition) is 1. The summed E-state index contributed by atoms with van der Waals surface area (Å²) < 4.78 is 0. The van der Waals surface area contributed by atoms with Crippen molar-refractivity contribution in [1.29, 1.82) is 0 Å². The SMILES string of the molecule is CN(Cc1ccc(CCC(=O)Nc2ccc(-c3ccc(Cl)cc3)cc2)cc1)Cc1cccnc1. The van der Waals surface area contributed by atoms with Crippen molar-refractivity contribution in [2.45, 2.75) is 25.9 Å². The average molecular weight is 470 g/mol. The number of aromatic nitrogens is 1. The highest BCUT2D eigenvalue weighted by Gasteiger charge is 2.06. The summed E-state index contributed by atoms with van der Waals surface area (Å²) in [7, 11) is 2.10. The maximum atomic E-state index is 12.4. The molecule has 0 aliphatic heterocycles. The summed E-state index contributed by atoms with van der Waals surface area (Å²) in [5.41, 5.74) is 6.59. The monoisotopic (exact) mass is 469 g/mol. The van der Waals surface area contributed by atoms with Gasteiger partial charge in [-0.1, -0.05) is 66.2 Å². The van der Waals surface area contributed by atoms with Gasteiger partial charge in [-0.3, -0.25) is 14.7 Å². The van der Waals surface area contributed by atoms with Gasteiger partial charge in [0.15, 0.2) is 0 Å². The molecule has 0 aliphatic carbocycles. The topological polar surface area (TPSA) is 45.2 Å². The average Bonchev–Trinajstić information content (AvgIpc) is 2.85. The molecule has 0 saturated carbocycles. The predicted octanol–water partition coefficient (Wildman–Crippen LogP) is 6.61. The Balaban J connectivity index is 1.23. The lowest BCUT2D eigenvalue weighted by Gasteiger charge is -2.16. The number of nitrogens with one attached hydrogen (secondary N) is 1. The van der Waals surface area contributed by atoms with Gasteiger partial charge in [-0.05, 0) is 71.6 Å². The molecule has 0 fully saturated rings. The Bertz CT molecular complexity index is 1190. The van der Waals surface area contributed by atoms with E-state index in [2.05, 4.69) is 52.6 Å². The lowest BCUT2D eigenvalue weighted by atomic mass is 10.1. The third kappa shape index (κ3) is 7.01. The molecule has 172 valence electrons. The first-order valence-corrected chi connectivity index (χ1v) is 11.7. The molecule has 4 rings (SSSR count). The van der Waals surface area contributed by atoms with Crippen molar-refractivity contribution in [3.63, 3.8) is 0 Å². The van der Waals surface area contributed by atoms with Crippen LogP contribution >= 0.6 is 11.6 Å². The summed E-state index contributed by atoms with van der Waals surface area (Å²) in [5, 5.41) is 3.71. The minimum atomic E-state index is 0.0134. The van der Waals surface area contributed by atoms with Crippen molar-refractivity contribution in [3.8, 4) is 11.1 Å². The summed E-state index contributed by atoms with van der Waals surface area (Å²) in [6.45, 7) is 1.72. The molecule has 0 atom stereocenters. The van der Waals surface area contributed by atoms with Crippen LogP contribution in [0.2, 0.25) is 5.02 Å². The fourth-order valence-electron chi connectivity index (χ4n) is 3.85. The van der Waals surface area contributed by atoms with Gasteiger partial charge in [-0.2, -0.15) is 0 Å². The van der Waals surface area contributed by atoms with Crippen LogP contribution in [-0.4, -0.2) is 22.8 Å². The van der Waals surface area contributed by atoms with Crippen molar-refractivity contribution in [3.05, 3.63) is 119 Å². The van der Waals surface area contributed by atoms with Gasteiger partial charge in [0.05, 0.1) is 0 Å². The molecule has 0 radical (unpaired) electrons. The largest absolute Gasteiger partial charge is 0.326 e. The second-order valence-corrected chi connectivity index (χ2v) is 8.92. The normalized spacial score (nSPS) is 10.9. The first-order valence-electron chi connectivity index (χ1n) is 11.4. The molecule has 0 unspecified atom stereocenters. The number of carbonyl (C=O) groups excluding carboxylic acids is 1. The summed E-state index contributed by atoms with van der Waals surface area (Å²) in [6.07, 6.45) is 4.85. The molecule has 0 aliphatic rings. The van der Waals surface area contributed by atoms with Gasteiger partial charge in [0, 0.05) is 42.6 Å². The van der Waals surface area contributed by atoms with Crippen LogP contribution < -0.4 is 5.32 Å². The Labute approximate surface area is 206 Å². The number of aryl methyl sites for hydroxylation is 1. The maximum absolute atomic E-state index is 12.4. The van der Waals surface area contributed by atoms with Crippen molar-refractivity contribution in [1.82, 2.24) is 9.88 Å².